The van der Waals surface area contributed by atoms with Crippen LogP contribution in [0.15, 0.2) is 42.5 Å². The Balaban J connectivity index is 1.35. The fourth-order valence-electron chi connectivity index (χ4n) is 5.21. The maximum Gasteiger partial charge on any atom is 0.318 e. The van der Waals surface area contributed by atoms with Crippen molar-refractivity contribution >= 4 is 17.6 Å². The molecule has 1 aromatic heterocycles. The second-order valence-corrected chi connectivity index (χ2v) is 9.70. The maximum atomic E-state index is 13.4. The van der Waals surface area contributed by atoms with E-state index >= 15 is 0 Å². The van der Waals surface area contributed by atoms with Crippen LogP contribution >= 0.6 is 11.6 Å². The number of urea groups is 1. The average Bonchev–Trinajstić information content (AvgIpc) is 3.42. The van der Waals surface area contributed by atoms with E-state index in [4.69, 9.17) is 11.6 Å². The molecule has 2 aliphatic rings. The number of carbonyl (C=O) groups excluding carboxylic acids is 1. The molecule has 2 amide bonds. The molecule has 0 radical (unpaired) electrons. The number of aryl methyl sites for hydroxylation is 3. The second kappa shape index (κ2) is 9.18. The van der Waals surface area contributed by atoms with E-state index in [0.29, 0.717) is 6.54 Å². The Morgan fingerprint density at radius 3 is 2.73 bits per heavy atom. The van der Waals surface area contributed by atoms with Crippen molar-refractivity contribution in [2.45, 2.75) is 64.6 Å². The summed E-state index contributed by atoms with van der Waals surface area (Å²) in [4.78, 5) is 15.4. The summed E-state index contributed by atoms with van der Waals surface area (Å²) in [6, 6.07) is 14.4. The molecule has 0 bridgehead atoms. The Morgan fingerprint density at radius 1 is 1.09 bits per heavy atom. The Morgan fingerprint density at radius 2 is 1.91 bits per heavy atom. The van der Waals surface area contributed by atoms with Gasteiger partial charge in [0.1, 0.15) is 5.82 Å². The summed E-state index contributed by atoms with van der Waals surface area (Å²) in [6.07, 6.45) is 5.02. The Hall–Kier alpha value is -2.86. The molecule has 1 saturated heterocycles. The van der Waals surface area contributed by atoms with Crippen molar-refractivity contribution < 1.29 is 4.79 Å². The molecule has 2 atom stereocenters. The number of amides is 2. The van der Waals surface area contributed by atoms with E-state index in [0.717, 1.165) is 60.9 Å². The van der Waals surface area contributed by atoms with E-state index in [1.807, 2.05) is 36.1 Å². The topological polar surface area (TPSA) is 63.1 Å². The van der Waals surface area contributed by atoms with Crippen LogP contribution in [0.5, 0.6) is 0 Å². The van der Waals surface area contributed by atoms with Gasteiger partial charge in [-0.25, -0.2) is 4.79 Å². The molecular formula is C26H30ClN5O. The highest BCUT2D eigenvalue weighted by Gasteiger charge is 2.35. The van der Waals surface area contributed by atoms with Crippen LogP contribution in [-0.4, -0.2) is 32.2 Å². The lowest BCUT2D eigenvalue weighted by atomic mass is 9.87. The van der Waals surface area contributed by atoms with E-state index in [9.17, 15) is 4.79 Å². The summed E-state index contributed by atoms with van der Waals surface area (Å²) in [7, 11) is 0. The van der Waals surface area contributed by atoms with Gasteiger partial charge in [-0.3, -0.25) is 0 Å². The lowest BCUT2D eigenvalue weighted by molar-refractivity contribution is 0.184. The molecule has 6 nitrogen and oxygen atoms in total. The lowest BCUT2D eigenvalue weighted by Gasteiger charge is -2.31. The van der Waals surface area contributed by atoms with Crippen molar-refractivity contribution in [3.63, 3.8) is 0 Å². The zero-order valence-electron chi connectivity index (χ0n) is 19.2. The summed E-state index contributed by atoms with van der Waals surface area (Å²) in [6.45, 7) is 5.48. The predicted octanol–water partition coefficient (Wildman–Crippen LogP) is 5.52. The minimum Gasteiger partial charge on any atom is -0.331 e. The van der Waals surface area contributed by atoms with Crippen LogP contribution in [0.1, 0.15) is 71.7 Å². The molecule has 2 heterocycles. The summed E-state index contributed by atoms with van der Waals surface area (Å²) >= 11 is 6.05. The van der Waals surface area contributed by atoms with Crippen molar-refractivity contribution in [2.75, 3.05) is 6.54 Å². The number of nitrogens with zero attached hydrogens (tertiary/aromatic N) is 4. The number of rotatable bonds is 4. The first-order valence-corrected chi connectivity index (χ1v) is 12.2. The first kappa shape index (κ1) is 22.0. The fourth-order valence-corrected chi connectivity index (χ4v) is 5.34. The zero-order valence-corrected chi connectivity index (χ0v) is 20.0. The third-order valence-electron chi connectivity index (χ3n) is 6.94. The molecule has 1 unspecified atom stereocenters. The average molecular weight is 464 g/mol. The molecule has 1 fully saturated rings. The van der Waals surface area contributed by atoms with Gasteiger partial charge in [0.25, 0.3) is 0 Å². The largest absolute Gasteiger partial charge is 0.331 e. The van der Waals surface area contributed by atoms with E-state index < -0.39 is 0 Å². The highest BCUT2D eigenvalue weighted by atomic mass is 35.5. The number of hydrogen-bond donors (Lipinski definition) is 1. The Bertz CT molecular complexity index is 1160. The number of fused-ring (bicyclic) bond motifs is 1. The van der Waals surface area contributed by atoms with Crippen molar-refractivity contribution in [2.24, 2.45) is 0 Å². The van der Waals surface area contributed by atoms with Crippen LogP contribution in [0.3, 0.4) is 0 Å². The van der Waals surface area contributed by atoms with E-state index in [1.165, 1.54) is 16.7 Å². The van der Waals surface area contributed by atoms with Gasteiger partial charge in [-0.2, -0.15) is 0 Å². The predicted molar refractivity (Wildman–Crippen MR) is 129 cm³/mol. The van der Waals surface area contributed by atoms with Crippen molar-refractivity contribution in [1.29, 1.82) is 0 Å². The Labute approximate surface area is 200 Å². The standard InChI is InChI=1S/C26H30ClN5O/c1-17-8-13-22-20(15-17)5-3-6-23(22)28-26(33)31-14-4-7-24(31)25-30-29-18(2)32(25)16-19-9-11-21(27)12-10-19/h8-13,15,23-24H,3-7,14,16H2,1-2H3,(H,28,33)/t23?,24-/m1/s1. The van der Waals surface area contributed by atoms with Gasteiger partial charge < -0.3 is 14.8 Å². The number of nitrogens with one attached hydrogen (secondary N) is 1. The zero-order chi connectivity index (χ0) is 22.9. The van der Waals surface area contributed by atoms with Crippen LogP contribution < -0.4 is 5.32 Å². The van der Waals surface area contributed by atoms with Gasteiger partial charge in [0.05, 0.1) is 18.6 Å². The van der Waals surface area contributed by atoms with Gasteiger partial charge in [0.15, 0.2) is 5.82 Å². The second-order valence-electron chi connectivity index (χ2n) is 9.27. The summed E-state index contributed by atoms with van der Waals surface area (Å²) < 4.78 is 2.12. The van der Waals surface area contributed by atoms with E-state index in [2.05, 4.69) is 45.2 Å². The first-order valence-electron chi connectivity index (χ1n) is 11.8. The molecule has 1 aliphatic heterocycles. The van der Waals surface area contributed by atoms with Gasteiger partial charge in [-0.05, 0) is 74.8 Å². The van der Waals surface area contributed by atoms with Crippen molar-refractivity contribution in [3.05, 3.63) is 81.4 Å². The van der Waals surface area contributed by atoms with Crippen LogP contribution in [0.25, 0.3) is 0 Å². The molecule has 7 heteroatoms. The van der Waals surface area contributed by atoms with Gasteiger partial charge >= 0.3 is 6.03 Å². The molecular weight excluding hydrogens is 434 g/mol. The number of halogens is 1. The molecule has 3 aromatic rings. The number of benzene rings is 2. The maximum absolute atomic E-state index is 13.4. The third-order valence-corrected chi connectivity index (χ3v) is 7.19. The summed E-state index contributed by atoms with van der Waals surface area (Å²) in [5.74, 6) is 1.71. The summed E-state index contributed by atoms with van der Waals surface area (Å²) in [5, 5.41) is 12.9. The quantitative estimate of drug-likeness (QED) is 0.554. The number of aromatic nitrogens is 3. The molecule has 2 aromatic carbocycles. The van der Waals surface area contributed by atoms with Crippen LogP contribution in [0, 0.1) is 13.8 Å². The third kappa shape index (κ3) is 4.49. The SMILES string of the molecule is Cc1ccc2c(c1)CCCC2NC(=O)N1CCC[C@@H]1c1nnc(C)n1Cc1ccc(Cl)cc1. The smallest absolute Gasteiger partial charge is 0.318 e. The molecule has 0 spiro atoms. The summed E-state index contributed by atoms with van der Waals surface area (Å²) in [5.41, 5.74) is 5.03. The highest BCUT2D eigenvalue weighted by molar-refractivity contribution is 6.30. The highest BCUT2D eigenvalue weighted by Crippen LogP contribution is 2.34. The van der Waals surface area contributed by atoms with Gasteiger partial charge in [0, 0.05) is 11.6 Å². The van der Waals surface area contributed by atoms with Gasteiger partial charge in [-0.1, -0.05) is 47.5 Å². The minimum absolute atomic E-state index is 0.00498. The van der Waals surface area contributed by atoms with Crippen LogP contribution in [0.4, 0.5) is 4.79 Å². The molecule has 0 saturated carbocycles. The van der Waals surface area contributed by atoms with E-state index in [-0.39, 0.29) is 18.1 Å². The molecule has 1 aliphatic carbocycles. The molecule has 1 N–H and O–H groups in total. The van der Waals surface area contributed by atoms with E-state index in [1.54, 1.807) is 0 Å². The number of hydrogen-bond acceptors (Lipinski definition) is 3. The normalized spacial score (nSPS) is 20.0. The molecule has 5 rings (SSSR count). The minimum atomic E-state index is -0.0698. The lowest BCUT2D eigenvalue weighted by Crippen LogP contribution is -2.42. The molecule has 172 valence electrons. The van der Waals surface area contributed by atoms with Gasteiger partial charge in [-0.15, -0.1) is 10.2 Å². The number of carbonyl (C=O) groups is 1. The van der Waals surface area contributed by atoms with Gasteiger partial charge in [0.2, 0.25) is 0 Å². The van der Waals surface area contributed by atoms with Crippen molar-refractivity contribution in [1.82, 2.24) is 25.0 Å². The van der Waals surface area contributed by atoms with Crippen molar-refractivity contribution in [3.8, 4) is 0 Å². The fraction of sp³-hybridized carbons (Fsp3) is 0.423. The monoisotopic (exact) mass is 463 g/mol. The Kier molecular flexibility index (Phi) is 6.11. The van der Waals surface area contributed by atoms with Crippen LogP contribution in [-0.2, 0) is 13.0 Å². The molecule has 33 heavy (non-hydrogen) atoms. The van der Waals surface area contributed by atoms with Crippen LogP contribution in [0.2, 0.25) is 5.02 Å². The number of likely N-dealkylation sites (tertiary alicyclic amines) is 1. The first-order chi connectivity index (χ1) is 16.0.